The standard InChI is InChI=1S/C8H18N2O4S/c1-13-4-5-15(11,12)10-7-8-6-9-2-3-14-8/h8-10H,2-7H2,1H3. The van der Waals surface area contributed by atoms with Gasteiger partial charge in [-0.05, 0) is 0 Å². The number of hydrogen-bond acceptors (Lipinski definition) is 5. The van der Waals surface area contributed by atoms with Crippen molar-refractivity contribution in [2.24, 2.45) is 0 Å². The third-order valence-electron chi connectivity index (χ3n) is 2.09. The molecule has 1 aliphatic rings. The van der Waals surface area contributed by atoms with E-state index in [4.69, 9.17) is 9.47 Å². The van der Waals surface area contributed by atoms with Crippen LogP contribution in [0.15, 0.2) is 0 Å². The minimum Gasteiger partial charge on any atom is -0.384 e. The Bertz CT molecular complexity index is 262. The van der Waals surface area contributed by atoms with Gasteiger partial charge in [0.1, 0.15) is 0 Å². The van der Waals surface area contributed by atoms with E-state index in [9.17, 15) is 8.42 Å². The molecule has 90 valence electrons. The Labute approximate surface area is 90.4 Å². The monoisotopic (exact) mass is 238 g/mol. The fraction of sp³-hybridized carbons (Fsp3) is 1.00. The molecule has 6 nitrogen and oxygen atoms in total. The molecule has 0 spiro atoms. The van der Waals surface area contributed by atoms with Crippen molar-refractivity contribution in [2.45, 2.75) is 6.10 Å². The predicted octanol–water partition coefficient (Wildman–Crippen LogP) is -1.46. The molecule has 1 fully saturated rings. The Balaban J connectivity index is 2.22. The van der Waals surface area contributed by atoms with Gasteiger partial charge in [-0.2, -0.15) is 0 Å². The second-order valence-electron chi connectivity index (χ2n) is 3.36. The maximum absolute atomic E-state index is 11.4. The zero-order valence-corrected chi connectivity index (χ0v) is 9.68. The molecule has 0 saturated carbocycles. The average Bonchev–Trinajstić information content (AvgIpc) is 2.25. The molecule has 7 heteroatoms. The summed E-state index contributed by atoms with van der Waals surface area (Å²) in [6.45, 7) is 2.67. The quantitative estimate of drug-likeness (QED) is 0.591. The summed E-state index contributed by atoms with van der Waals surface area (Å²) in [7, 11) is -1.75. The van der Waals surface area contributed by atoms with Crippen LogP contribution in [0.5, 0.6) is 0 Å². The molecule has 0 bridgehead atoms. The number of morpholine rings is 1. The van der Waals surface area contributed by atoms with Crippen LogP contribution in [0.25, 0.3) is 0 Å². The van der Waals surface area contributed by atoms with Crippen molar-refractivity contribution in [3.05, 3.63) is 0 Å². The van der Waals surface area contributed by atoms with Crippen LogP contribution in [0.3, 0.4) is 0 Å². The highest BCUT2D eigenvalue weighted by Gasteiger charge is 2.16. The molecule has 0 amide bonds. The van der Waals surface area contributed by atoms with Crippen LogP contribution in [-0.2, 0) is 19.5 Å². The van der Waals surface area contributed by atoms with Crippen molar-refractivity contribution in [3.8, 4) is 0 Å². The maximum Gasteiger partial charge on any atom is 0.213 e. The van der Waals surface area contributed by atoms with Crippen molar-refractivity contribution in [2.75, 3.05) is 45.7 Å². The predicted molar refractivity (Wildman–Crippen MR) is 56.3 cm³/mol. The molecular formula is C8H18N2O4S. The Morgan fingerprint density at radius 3 is 3.00 bits per heavy atom. The van der Waals surface area contributed by atoms with Crippen molar-refractivity contribution < 1.29 is 17.9 Å². The Kier molecular flexibility index (Phi) is 5.48. The minimum atomic E-state index is -3.23. The lowest BCUT2D eigenvalue weighted by Gasteiger charge is -2.23. The van der Waals surface area contributed by atoms with E-state index in [2.05, 4.69) is 10.0 Å². The summed E-state index contributed by atoms with van der Waals surface area (Å²) in [6, 6.07) is 0. The summed E-state index contributed by atoms with van der Waals surface area (Å²) < 4.78 is 35.3. The molecule has 2 N–H and O–H groups in total. The van der Waals surface area contributed by atoms with Gasteiger partial charge < -0.3 is 14.8 Å². The maximum atomic E-state index is 11.4. The van der Waals surface area contributed by atoms with E-state index in [-0.39, 0.29) is 18.5 Å². The molecule has 1 unspecified atom stereocenters. The highest BCUT2D eigenvalue weighted by Crippen LogP contribution is 1.95. The summed E-state index contributed by atoms with van der Waals surface area (Å²) in [5.74, 6) is -0.0103. The number of sulfonamides is 1. The number of rotatable bonds is 6. The molecule has 15 heavy (non-hydrogen) atoms. The van der Waals surface area contributed by atoms with Gasteiger partial charge in [-0.25, -0.2) is 13.1 Å². The first-order valence-electron chi connectivity index (χ1n) is 4.92. The van der Waals surface area contributed by atoms with Gasteiger partial charge in [0.15, 0.2) is 0 Å². The van der Waals surface area contributed by atoms with Crippen molar-refractivity contribution in [1.82, 2.24) is 10.0 Å². The lowest BCUT2D eigenvalue weighted by molar-refractivity contribution is 0.0324. The fourth-order valence-electron chi connectivity index (χ4n) is 1.24. The van der Waals surface area contributed by atoms with E-state index in [0.717, 1.165) is 6.54 Å². The van der Waals surface area contributed by atoms with Gasteiger partial charge in [-0.3, -0.25) is 0 Å². The second-order valence-corrected chi connectivity index (χ2v) is 5.28. The molecule has 1 saturated heterocycles. The first-order valence-corrected chi connectivity index (χ1v) is 6.58. The summed E-state index contributed by atoms with van der Waals surface area (Å²) in [6.07, 6.45) is -0.0731. The molecule has 1 heterocycles. The van der Waals surface area contributed by atoms with E-state index in [1.54, 1.807) is 0 Å². The van der Waals surface area contributed by atoms with Crippen molar-refractivity contribution >= 4 is 10.0 Å². The molecular weight excluding hydrogens is 220 g/mol. The van der Waals surface area contributed by atoms with Crippen LogP contribution in [-0.4, -0.2) is 60.2 Å². The number of ether oxygens (including phenoxy) is 2. The molecule has 0 aromatic heterocycles. The van der Waals surface area contributed by atoms with Crippen LogP contribution in [0.2, 0.25) is 0 Å². The smallest absolute Gasteiger partial charge is 0.213 e. The van der Waals surface area contributed by atoms with E-state index < -0.39 is 10.0 Å². The van der Waals surface area contributed by atoms with Crippen LogP contribution >= 0.6 is 0 Å². The molecule has 0 aliphatic carbocycles. The van der Waals surface area contributed by atoms with Gasteiger partial charge in [0.05, 0.1) is 25.1 Å². The van der Waals surface area contributed by atoms with E-state index in [1.165, 1.54) is 7.11 Å². The minimum absolute atomic E-state index is 0.0103. The first-order chi connectivity index (χ1) is 7.14. The number of methoxy groups -OCH3 is 1. The van der Waals surface area contributed by atoms with Crippen LogP contribution in [0.1, 0.15) is 0 Å². The SMILES string of the molecule is COCCS(=O)(=O)NCC1CNCCO1. The third kappa shape index (κ3) is 5.43. The normalized spacial score (nSPS) is 22.9. The fourth-order valence-corrected chi connectivity index (χ4v) is 2.21. The molecule has 1 atom stereocenters. The highest BCUT2D eigenvalue weighted by molar-refractivity contribution is 7.89. The highest BCUT2D eigenvalue weighted by atomic mass is 32.2. The summed E-state index contributed by atoms with van der Waals surface area (Å²) in [5, 5.41) is 3.13. The van der Waals surface area contributed by atoms with E-state index >= 15 is 0 Å². The Morgan fingerprint density at radius 2 is 2.40 bits per heavy atom. The third-order valence-corrected chi connectivity index (χ3v) is 3.40. The molecule has 1 aliphatic heterocycles. The largest absolute Gasteiger partial charge is 0.384 e. The van der Waals surface area contributed by atoms with Crippen molar-refractivity contribution in [3.63, 3.8) is 0 Å². The van der Waals surface area contributed by atoms with Gasteiger partial charge in [0, 0.05) is 26.7 Å². The molecule has 1 rings (SSSR count). The van der Waals surface area contributed by atoms with Gasteiger partial charge in [0.2, 0.25) is 10.0 Å². The van der Waals surface area contributed by atoms with Gasteiger partial charge in [-0.15, -0.1) is 0 Å². The van der Waals surface area contributed by atoms with Crippen LogP contribution in [0.4, 0.5) is 0 Å². The molecule has 0 aromatic rings. The van der Waals surface area contributed by atoms with E-state index in [1.807, 2.05) is 0 Å². The molecule has 0 aromatic carbocycles. The summed E-state index contributed by atoms with van der Waals surface area (Å²) >= 11 is 0. The zero-order valence-electron chi connectivity index (χ0n) is 8.86. The zero-order chi connectivity index (χ0) is 11.1. The Hall–Kier alpha value is -0.210. The Morgan fingerprint density at radius 1 is 1.60 bits per heavy atom. The lowest BCUT2D eigenvalue weighted by atomic mass is 10.3. The van der Waals surface area contributed by atoms with Crippen LogP contribution in [0, 0.1) is 0 Å². The first kappa shape index (κ1) is 12.9. The summed E-state index contributed by atoms with van der Waals surface area (Å²) in [4.78, 5) is 0. The average molecular weight is 238 g/mol. The number of nitrogens with one attached hydrogen (secondary N) is 2. The van der Waals surface area contributed by atoms with E-state index in [0.29, 0.717) is 19.7 Å². The van der Waals surface area contributed by atoms with Crippen molar-refractivity contribution in [1.29, 1.82) is 0 Å². The lowest BCUT2D eigenvalue weighted by Crippen LogP contribution is -2.45. The number of hydrogen-bond donors (Lipinski definition) is 2. The topological polar surface area (TPSA) is 76.7 Å². The van der Waals surface area contributed by atoms with Gasteiger partial charge >= 0.3 is 0 Å². The molecule has 0 radical (unpaired) electrons. The van der Waals surface area contributed by atoms with Crippen LogP contribution < -0.4 is 10.0 Å². The van der Waals surface area contributed by atoms with Gasteiger partial charge in [-0.1, -0.05) is 0 Å². The second kappa shape index (κ2) is 6.39. The van der Waals surface area contributed by atoms with Gasteiger partial charge in [0.25, 0.3) is 0 Å². The summed E-state index contributed by atoms with van der Waals surface area (Å²) in [5.41, 5.74) is 0.